The third kappa shape index (κ3) is 2.34. The molecule has 0 amide bonds. The first-order valence-corrected chi connectivity index (χ1v) is 7.54. The third-order valence-electron chi connectivity index (χ3n) is 3.96. The van der Waals surface area contributed by atoms with Gasteiger partial charge in [0.05, 0.1) is 28.0 Å². The fraction of sp³-hybridized carbons (Fsp3) is 0.400. The monoisotopic (exact) mass is 310 g/mol. The summed E-state index contributed by atoms with van der Waals surface area (Å²) < 4.78 is 1.91. The minimum atomic E-state index is -0.347. The molecule has 0 radical (unpaired) electrons. The molecule has 1 aromatic carbocycles. The molecule has 1 N–H and O–H groups in total. The molecule has 3 nitrogen and oxygen atoms in total. The Morgan fingerprint density at radius 2 is 2.15 bits per heavy atom. The van der Waals surface area contributed by atoms with Crippen molar-refractivity contribution in [3.05, 3.63) is 45.7 Å². The van der Waals surface area contributed by atoms with Gasteiger partial charge >= 0.3 is 0 Å². The van der Waals surface area contributed by atoms with Gasteiger partial charge in [0.25, 0.3) is 0 Å². The predicted octanol–water partition coefficient (Wildman–Crippen LogP) is 3.98. The average molecular weight is 311 g/mol. The number of aromatic nitrogens is 2. The first-order valence-electron chi connectivity index (χ1n) is 6.78. The number of aliphatic hydroxyl groups is 1. The molecule has 2 aromatic rings. The first kappa shape index (κ1) is 13.9. The van der Waals surface area contributed by atoms with E-state index in [1.165, 1.54) is 5.69 Å². The van der Waals surface area contributed by atoms with Gasteiger partial charge < -0.3 is 5.11 Å². The van der Waals surface area contributed by atoms with Gasteiger partial charge in [-0.05, 0) is 49.9 Å². The molecular weight excluding hydrogens is 295 g/mol. The van der Waals surface area contributed by atoms with Crippen LogP contribution < -0.4 is 0 Å². The minimum absolute atomic E-state index is 0.176. The summed E-state index contributed by atoms with van der Waals surface area (Å²) in [6.45, 7) is 1.84. The van der Waals surface area contributed by atoms with Crippen molar-refractivity contribution in [2.45, 2.75) is 38.2 Å². The van der Waals surface area contributed by atoms with Gasteiger partial charge in [-0.25, -0.2) is 4.68 Å². The van der Waals surface area contributed by atoms with Crippen LogP contribution in [0, 0.1) is 0 Å². The van der Waals surface area contributed by atoms with Gasteiger partial charge in [0.1, 0.15) is 0 Å². The van der Waals surface area contributed by atoms with Gasteiger partial charge in [-0.3, -0.25) is 0 Å². The number of halogens is 2. The van der Waals surface area contributed by atoms with Gasteiger partial charge in [0.15, 0.2) is 0 Å². The SMILES string of the molecule is CC(O)C1CCCc2c1cnn2-c1ccc(Cl)c(Cl)c1. The summed E-state index contributed by atoms with van der Waals surface area (Å²) in [6.07, 6.45) is 4.57. The van der Waals surface area contributed by atoms with E-state index in [9.17, 15) is 5.11 Å². The van der Waals surface area contributed by atoms with Gasteiger partial charge in [-0.2, -0.15) is 5.10 Å². The highest BCUT2D eigenvalue weighted by Crippen LogP contribution is 2.35. The largest absolute Gasteiger partial charge is 0.393 e. The normalized spacial score (nSPS) is 19.7. The second kappa shape index (κ2) is 5.40. The molecule has 5 heteroatoms. The second-order valence-corrected chi connectivity index (χ2v) is 6.11. The van der Waals surface area contributed by atoms with Crippen LogP contribution in [-0.4, -0.2) is 21.0 Å². The molecule has 0 bridgehead atoms. The van der Waals surface area contributed by atoms with E-state index in [0.29, 0.717) is 10.0 Å². The second-order valence-electron chi connectivity index (χ2n) is 5.30. The van der Waals surface area contributed by atoms with Crippen molar-refractivity contribution in [3.8, 4) is 5.69 Å². The molecule has 0 saturated carbocycles. The predicted molar refractivity (Wildman–Crippen MR) is 80.9 cm³/mol. The number of hydrogen-bond acceptors (Lipinski definition) is 2. The van der Waals surface area contributed by atoms with Crippen LogP contribution in [0.5, 0.6) is 0 Å². The van der Waals surface area contributed by atoms with Gasteiger partial charge in [-0.15, -0.1) is 0 Å². The summed E-state index contributed by atoms with van der Waals surface area (Å²) in [6, 6.07) is 5.51. The highest BCUT2D eigenvalue weighted by molar-refractivity contribution is 6.42. The van der Waals surface area contributed by atoms with E-state index < -0.39 is 0 Å². The molecule has 20 heavy (non-hydrogen) atoms. The number of aliphatic hydroxyl groups excluding tert-OH is 1. The lowest BCUT2D eigenvalue weighted by Gasteiger charge is -2.25. The van der Waals surface area contributed by atoms with Crippen LogP contribution in [-0.2, 0) is 6.42 Å². The van der Waals surface area contributed by atoms with Crippen LogP contribution in [0.1, 0.15) is 36.9 Å². The summed E-state index contributed by atoms with van der Waals surface area (Å²) >= 11 is 12.0. The summed E-state index contributed by atoms with van der Waals surface area (Å²) in [5, 5.41) is 15.4. The van der Waals surface area contributed by atoms with Gasteiger partial charge in [0.2, 0.25) is 0 Å². The Bertz CT molecular complexity index is 637. The van der Waals surface area contributed by atoms with Gasteiger partial charge in [0, 0.05) is 11.6 Å². The standard InChI is InChI=1S/C15H16Cl2N2O/c1-9(20)11-3-2-4-15-12(11)8-18-19(15)10-5-6-13(16)14(17)7-10/h5-9,11,20H,2-4H2,1H3. The van der Waals surface area contributed by atoms with Crippen LogP contribution in [0.4, 0.5) is 0 Å². The molecule has 106 valence electrons. The lowest BCUT2D eigenvalue weighted by Crippen LogP contribution is -2.20. The van der Waals surface area contributed by atoms with E-state index in [0.717, 1.165) is 30.5 Å². The molecule has 0 fully saturated rings. The highest BCUT2D eigenvalue weighted by Gasteiger charge is 2.27. The Morgan fingerprint density at radius 3 is 2.85 bits per heavy atom. The molecule has 1 aliphatic carbocycles. The number of hydrogen-bond donors (Lipinski definition) is 1. The van der Waals surface area contributed by atoms with E-state index in [2.05, 4.69) is 5.10 Å². The minimum Gasteiger partial charge on any atom is -0.393 e. The van der Waals surface area contributed by atoms with Crippen molar-refractivity contribution < 1.29 is 5.11 Å². The molecule has 1 aromatic heterocycles. The Balaban J connectivity index is 2.06. The molecule has 3 rings (SSSR count). The van der Waals surface area contributed by atoms with Crippen LogP contribution in [0.15, 0.2) is 24.4 Å². The quantitative estimate of drug-likeness (QED) is 0.911. The number of benzene rings is 1. The molecule has 2 unspecified atom stereocenters. The van der Waals surface area contributed by atoms with Crippen LogP contribution in [0.3, 0.4) is 0 Å². The summed E-state index contributed by atoms with van der Waals surface area (Å²) in [5.74, 6) is 0.176. The Hall–Kier alpha value is -1.03. The molecular formula is C15H16Cl2N2O. The van der Waals surface area contributed by atoms with E-state index in [4.69, 9.17) is 23.2 Å². The zero-order valence-corrected chi connectivity index (χ0v) is 12.7. The fourth-order valence-electron chi connectivity index (χ4n) is 2.93. The molecule has 0 aliphatic heterocycles. The maximum Gasteiger partial charge on any atom is 0.0664 e. The molecule has 0 saturated heterocycles. The fourth-order valence-corrected chi connectivity index (χ4v) is 3.22. The van der Waals surface area contributed by atoms with E-state index in [1.54, 1.807) is 6.07 Å². The summed E-state index contributed by atoms with van der Waals surface area (Å²) in [4.78, 5) is 0. The van der Waals surface area contributed by atoms with Crippen molar-refractivity contribution in [3.63, 3.8) is 0 Å². The third-order valence-corrected chi connectivity index (χ3v) is 4.70. The number of nitrogens with zero attached hydrogens (tertiary/aromatic N) is 2. The van der Waals surface area contributed by atoms with Crippen LogP contribution >= 0.6 is 23.2 Å². The van der Waals surface area contributed by atoms with Crippen molar-refractivity contribution >= 4 is 23.2 Å². The zero-order valence-electron chi connectivity index (χ0n) is 11.2. The first-order chi connectivity index (χ1) is 9.58. The Kier molecular flexibility index (Phi) is 3.76. The van der Waals surface area contributed by atoms with E-state index >= 15 is 0 Å². The highest BCUT2D eigenvalue weighted by atomic mass is 35.5. The maximum absolute atomic E-state index is 9.91. The molecule has 1 heterocycles. The van der Waals surface area contributed by atoms with Crippen molar-refractivity contribution in [2.24, 2.45) is 0 Å². The van der Waals surface area contributed by atoms with Crippen molar-refractivity contribution in [2.75, 3.05) is 0 Å². The van der Waals surface area contributed by atoms with Crippen LogP contribution in [0.2, 0.25) is 10.0 Å². The maximum atomic E-state index is 9.91. The molecule has 0 spiro atoms. The van der Waals surface area contributed by atoms with Crippen molar-refractivity contribution in [1.29, 1.82) is 0 Å². The lowest BCUT2D eigenvalue weighted by atomic mass is 9.84. The van der Waals surface area contributed by atoms with Crippen molar-refractivity contribution in [1.82, 2.24) is 9.78 Å². The smallest absolute Gasteiger partial charge is 0.0664 e. The lowest BCUT2D eigenvalue weighted by molar-refractivity contribution is 0.153. The average Bonchev–Trinajstić information content (AvgIpc) is 2.85. The van der Waals surface area contributed by atoms with Crippen LogP contribution in [0.25, 0.3) is 5.69 Å². The van der Waals surface area contributed by atoms with E-state index in [1.807, 2.05) is 29.9 Å². The molecule has 2 atom stereocenters. The van der Waals surface area contributed by atoms with Gasteiger partial charge in [-0.1, -0.05) is 23.2 Å². The summed E-state index contributed by atoms with van der Waals surface area (Å²) in [7, 11) is 0. The zero-order chi connectivity index (χ0) is 14.3. The number of fused-ring (bicyclic) bond motifs is 1. The van der Waals surface area contributed by atoms with E-state index in [-0.39, 0.29) is 12.0 Å². The Morgan fingerprint density at radius 1 is 1.35 bits per heavy atom. The Labute approximate surface area is 128 Å². The number of rotatable bonds is 2. The topological polar surface area (TPSA) is 38.1 Å². The summed E-state index contributed by atoms with van der Waals surface area (Å²) in [5.41, 5.74) is 3.23. The molecule has 1 aliphatic rings.